The van der Waals surface area contributed by atoms with E-state index in [9.17, 15) is 5.26 Å². The third-order valence-corrected chi connectivity index (χ3v) is 10.6. The summed E-state index contributed by atoms with van der Waals surface area (Å²) in [6.45, 7) is 16.4. The fraction of sp³-hybridized carbons (Fsp3) is 0.857. The van der Waals surface area contributed by atoms with Gasteiger partial charge in [0, 0.05) is 6.61 Å². The normalized spacial score (nSPS) is 24.2. The smallest absolute Gasteiger partial charge is 0.191 e. The SMILES string of the molecule is CO/C=C1/[C@H](CCO[Si](C)(C)C(C)(C)C)CCC[C@@H]1CC(C)(C)C#N. The number of allylic oxidation sites excluding steroid dienone is 1. The molecule has 0 radical (unpaired) electrons. The van der Waals surface area contributed by atoms with Gasteiger partial charge in [0.15, 0.2) is 8.32 Å². The van der Waals surface area contributed by atoms with Crippen LogP contribution in [0.15, 0.2) is 11.8 Å². The van der Waals surface area contributed by atoms with E-state index in [4.69, 9.17) is 9.16 Å². The predicted molar refractivity (Wildman–Crippen MR) is 108 cm³/mol. The summed E-state index contributed by atoms with van der Waals surface area (Å²) < 4.78 is 11.8. The molecule has 0 N–H and O–H groups in total. The minimum Gasteiger partial charge on any atom is -0.504 e. The number of rotatable bonds is 7. The molecule has 0 aromatic heterocycles. The Morgan fingerprint density at radius 2 is 1.76 bits per heavy atom. The Balaban J connectivity index is 2.75. The zero-order valence-corrected chi connectivity index (χ0v) is 18.7. The molecule has 0 spiro atoms. The van der Waals surface area contributed by atoms with Gasteiger partial charge in [0.2, 0.25) is 0 Å². The molecule has 144 valence electrons. The van der Waals surface area contributed by atoms with Crippen LogP contribution in [0.2, 0.25) is 18.1 Å². The summed E-state index contributed by atoms with van der Waals surface area (Å²) >= 11 is 0. The van der Waals surface area contributed by atoms with Crippen molar-refractivity contribution >= 4 is 8.32 Å². The zero-order chi connectivity index (χ0) is 19.3. The molecule has 25 heavy (non-hydrogen) atoms. The molecule has 1 fully saturated rings. The van der Waals surface area contributed by atoms with Gasteiger partial charge in [-0.2, -0.15) is 5.26 Å². The highest BCUT2D eigenvalue weighted by molar-refractivity contribution is 6.74. The number of hydrogen-bond donors (Lipinski definition) is 0. The van der Waals surface area contributed by atoms with Crippen molar-refractivity contribution < 1.29 is 9.16 Å². The van der Waals surface area contributed by atoms with E-state index in [1.807, 2.05) is 20.1 Å². The fourth-order valence-corrected chi connectivity index (χ4v) is 4.53. The van der Waals surface area contributed by atoms with Crippen molar-refractivity contribution in [3.8, 4) is 6.07 Å². The van der Waals surface area contributed by atoms with Gasteiger partial charge in [-0.1, -0.05) is 27.2 Å². The van der Waals surface area contributed by atoms with Gasteiger partial charge in [-0.15, -0.1) is 0 Å². The first-order chi connectivity index (χ1) is 11.4. The van der Waals surface area contributed by atoms with Crippen LogP contribution in [0.5, 0.6) is 0 Å². The fourth-order valence-electron chi connectivity index (χ4n) is 3.47. The highest BCUT2D eigenvalue weighted by atomic mass is 28.4. The van der Waals surface area contributed by atoms with Gasteiger partial charge in [0.1, 0.15) is 0 Å². The summed E-state index contributed by atoms with van der Waals surface area (Å²) in [5, 5.41) is 9.65. The summed E-state index contributed by atoms with van der Waals surface area (Å²) in [6, 6.07) is 2.46. The summed E-state index contributed by atoms with van der Waals surface area (Å²) in [7, 11) is 0.0487. The Kier molecular flexibility index (Phi) is 7.77. The van der Waals surface area contributed by atoms with Gasteiger partial charge in [-0.25, -0.2) is 0 Å². The quantitative estimate of drug-likeness (QED) is 0.393. The Morgan fingerprint density at radius 3 is 2.28 bits per heavy atom. The van der Waals surface area contributed by atoms with E-state index in [1.165, 1.54) is 24.8 Å². The maximum Gasteiger partial charge on any atom is 0.191 e. The van der Waals surface area contributed by atoms with Gasteiger partial charge < -0.3 is 9.16 Å². The van der Waals surface area contributed by atoms with Crippen molar-refractivity contribution in [3.05, 3.63) is 11.8 Å². The summed E-state index contributed by atoms with van der Waals surface area (Å²) in [5.41, 5.74) is 1.12. The minimum absolute atomic E-state index is 0.254. The van der Waals surface area contributed by atoms with Crippen molar-refractivity contribution in [2.45, 2.75) is 84.9 Å². The molecular formula is C21H39NO2Si. The number of nitrogens with zero attached hydrogens (tertiary/aromatic N) is 1. The van der Waals surface area contributed by atoms with Crippen LogP contribution in [0.3, 0.4) is 0 Å². The van der Waals surface area contributed by atoms with Gasteiger partial charge in [-0.3, -0.25) is 0 Å². The van der Waals surface area contributed by atoms with Crippen molar-refractivity contribution in [1.29, 1.82) is 5.26 Å². The average Bonchev–Trinajstić information content (AvgIpc) is 2.48. The van der Waals surface area contributed by atoms with Crippen molar-refractivity contribution in [3.63, 3.8) is 0 Å². The van der Waals surface area contributed by atoms with Crippen LogP contribution >= 0.6 is 0 Å². The second-order valence-corrected chi connectivity index (χ2v) is 14.6. The molecule has 0 unspecified atom stereocenters. The molecule has 1 aliphatic carbocycles. The second kappa shape index (κ2) is 8.73. The minimum atomic E-state index is -1.68. The van der Waals surface area contributed by atoms with Crippen molar-refractivity contribution in [1.82, 2.24) is 0 Å². The molecule has 0 amide bonds. The van der Waals surface area contributed by atoms with Crippen molar-refractivity contribution in [2.75, 3.05) is 13.7 Å². The third-order valence-electron chi connectivity index (χ3n) is 6.10. The van der Waals surface area contributed by atoms with Gasteiger partial charge >= 0.3 is 0 Å². The third kappa shape index (κ3) is 6.46. The zero-order valence-electron chi connectivity index (χ0n) is 17.7. The largest absolute Gasteiger partial charge is 0.504 e. The topological polar surface area (TPSA) is 42.2 Å². The predicted octanol–water partition coefficient (Wildman–Crippen LogP) is 6.28. The molecule has 1 rings (SSSR count). The maximum absolute atomic E-state index is 9.40. The van der Waals surface area contributed by atoms with Crippen LogP contribution in [-0.4, -0.2) is 22.0 Å². The van der Waals surface area contributed by atoms with E-state index in [0.717, 1.165) is 19.4 Å². The summed E-state index contributed by atoms with van der Waals surface area (Å²) in [6.07, 6.45) is 7.54. The van der Waals surface area contributed by atoms with Crippen LogP contribution in [0.1, 0.15) is 66.7 Å². The van der Waals surface area contributed by atoms with Crippen molar-refractivity contribution in [2.24, 2.45) is 17.3 Å². The standard InChI is InChI=1S/C21H39NO2Si/c1-20(2,3)25(7,8)24-13-12-17-10-9-11-18(19(17)15-23-6)14-21(4,5)16-22/h15,17-18H,9-14H2,1-8H3/b19-15-/t17-,18+/m0/s1. The van der Waals surface area contributed by atoms with Crippen LogP contribution < -0.4 is 0 Å². The molecule has 0 saturated heterocycles. The Hall–Kier alpha value is -0.793. The van der Waals surface area contributed by atoms with E-state index in [0.29, 0.717) is 11.8 Å². The lowest BCUT2D eigenvalue weighted by molar-refractivity contribution is 0.219. The lowest BCUT2D eigenvalue weighted by atomic mass is 9.70. The van der Waals surface area contributed by atoms with Crippen LogP contribution in [0.25, 0.3) is 0 Å². The maximum atomic E-state index is 9.40. The number of methoxy groups -OCH3 is 1. The monoisotopic (exact) mass is 365 g/mol. The lowest BCUT2D eigenvalue weighted by Crippen LogP contribution is -2.41. The number of hydrogen-bond acceptors (Lipinski definition) is 3. The highest BCUT2D eigenvalue weighted by Gasteiger charge is 2.38. The molecule has 0 bridgehead atoms. The summed E-state index contributed by atoms with van der Waals surface area (Å²) in [4.78, 5) is 0. The van der Waals surface area contributed by atoms with E-state index in [1.54, 1.807) is 7.11 Å². The molecule has 0 aliphatic heterocycles. The molecule has 4 heteroatoms. The first-order valence-corrected chi connectivity index (χ1v) is 12.6. The Bertz CT molecular complexity index is 497. The van der Waals surface area contributed by atoms with Crippen LogP contribution in [0, 0.1) is 28.6 Å². The Morgan fingerprint density at radius 1 is 1.16 bits per heavy atom. The molecular weight excluding hydrogens is 326 g/mol. The van der Waals surface area contributed by atoms with E-state index in [2.05, 4.69) is 39.9 Å². The summed E-state index contributed by atoms with van der Waals surface area (Å²) in [5.74, 6) is 0.985. The number of nitriles is 1. The molecule has 0 aromatic carbocycles. The Labute approximate surface area is 156 Å². The second-order valence-electron chi connectivity index (χ2n) is 9.78. The van der Waals surface area contributed by atoms with E-state index >= 15 is 0 Å². The highest BCUT2D eigenvalue weighted by Crippen LogP contribution is 2.42. The van der Waals surface area contributed by atoms with Gasteiger partial charge in [0.25, 0.3) is 0 Å². The molecule has 1 aliphatic rings. The molecule has 0 aromatic rings. The lowest BCUT2D eigenvalue weighted by Gasteiger charge is -2.38. The first kappa shape index (κ1) is 22.2. The molecule has 3 nitrogen and oxygen atoms in total. The molecule has 1 saturated carbocycles. The van der Waals surface area contributed by atoms with Gasteiger partial charge in [0.05, 0.1) is 24.9 Å². The van der Waals surface area contributed by atoms with E-state index < -0.39 is 8.32 Å². The van der Waals surface area contributed by atoms with Gasteiger partial charge in [-0.05, 0) is 75.1 Å². The van der Waals surface area contributed by atoms with Crippen LogP contribution in [-0.2, 0) is 9.16 Å². The molecule has 0 heterocycles. The van der Waals surface area contributed by atoms with E-state index in [-0.39, 0.29) is 10.5 Å². The number of ether oxygens (including phenoxy) is 1. The molecule has 2 atom stereocenters. The van der Waals surface area contributed by atoms with Crippen LogP contribution in [0.4, 0.5) is 0 Å². The average molecular weight is 366 g/mol. The first-order valence-electron chi connectivity index (χ1n) is 9.71.